The molecule has 100 valence electrons. The van der Waals surface area contributed by atoms with Crippen LogP contribution in [0.2, 0.25) is 0 Å². The normalized spacial score (nSPS) is 14.3. The number of aliphatic hydroxyl groups is 2. The molecule has 18 heavy (non-hydrogen) atoms. The molecule has 0 aliphatic rings. The van der Waals surface area contributed by atoms with Crippen LogP contribution >= 0.6 is 0 Å². The monoisotopic (exact) mass is 262 g/mol. The molecule has 1 aromatic rings. The third-order valence-corrected chi connectivity index (χ3v) is 2.39. The van der Waals surface area contributed by atoms with Crippen molar-refractivity contribution >= 4 is 5.69 Å². The second-order valence-electron chi connectivity index (χ2n) is 3.68. The maximum Gasteiger partial charge on any atom is 0.340 e. The molecule has 2 unspecified atom stereocenters. The molecule has 0 heterocycles. The Hall–Kier alpha value is -1.64. The lowest BCUT2D eigenvalue weighted by Gasteiger charge is -2.17. The minimum atomic E-state index is -1.56. The first-order valence-electron chi connectivity index (χ1n) is 5.08. The van der Waals surface area contributed by atoms with Gasteiger partial charge in [-0.25, -0.2) is 0 Å². The Morgan fingerprint density at radius 2 is 1.83 bits per heavy atom. The van der Waals surface area contributed by atoms with Gasteiger partial charge in [-0.2, -0.15) is 8.78 Å². The molecule has 0 aliphatic heterocycles. The summed E-state index contributed by atoms with van der Waals surface area (Å²) in [5.74, 6) is -2.82. The highest BCUT2D eigenvalue weighted by molar-refractivity contribution is 5.38. The SMILES string of the molecule is NCCC(O)C(O)c1cc(F)c([N+](=O)[O-])c(F)c1. The first-order valence-corrected chi connectivity index (χ1v) is 5.08. The fraction of sp³-hybridized carbons (Fsp3) is 0.400. The van der Waals surface area contributed by atoms with E-state index in [-0.39, 0.29) is 18.5 Å². The summed E-state index contributed by atoms with van der Waals surface area (Å²) in [4.78, 5) is 9.16. The van der Waals surface area contributed by atoms with Crippen LogP contribution in [0, 0.1) is 21.7 Å². The molecule has 0 bridgehead atoms. The number of benzene rings is 1. The maximum atomic E-state index is 13.3. The molecule has 8 heteroatoms. The number of nitrogens with two attached hydrogens (primary N) is 1. The Labute approximate surface area is 101 Å². The average Bonchev–Trinajstić information content (AvgIpc) is 2.26. The zero-order valence-electron chi connectivity index (χ0n) is 9.22. The highest BCUT2D eigenvalue weighted by Gasteiger charge is 2.26. The lowest BCUT2D eigenvalue weighted by molar-refractivity contribution is -0.390. The molecule has 1 aromatic carbocycles. The third-order valence-electron chi connectivity index (χ3n) is 2.39. The van der Waals surface area contributed by atoms with Crippen LogP contribution in [0.15, 0.2) is 12.1 Å². The zero-order chi connectivity index (χ0) is 13.9. The van der Waals surface area contributed by atoms with E-state index < -0.39 is 34.5 Å². The summed E-state index contributed by atoms with van der Waals surface area (Å²) in [6.45, 7) is 0.0795. The van der Waals surface area contributed by atoms with Crippen molar-refractivity contribution in [2.45, 2.75) is 18.6 Å². The summed E-state index contributed by atoms with van der Waals surface area (Å²) in [5, 5.41) is 29.4. The molecule has 2 atom stereocenters. The van der Waals surface area contributed by atoms with Gasteiger partial charge in [0.25, 0.3) is 0 Å². The molecule has 0 fully saturated rings. The fourth-order valence-electron chi connectivity index (χ4n) is 1.48. The van der Waals surface area contributed by atoms with E-state index in [0.717, 1.165) is 0 Å². The van der Waals surface area contributed by atoms with Gasteiger partial charge in [0.15, 0.2) is 0 Å². The number of nitrogens with zero attached hydrogens (tertiary/aromatic N) is 1. The van der Waals surface area contributed by atoms with Crippen LogP contribution in [0.25, 0.3) is 0 Å². The van der Waals surface area contributed by atoms with Crippen molar-refractivity contribution in [3.63, 3.8) is 0 Å². The van der Waals surface area contributed by atoms with E-state index in [1.165, 1.54) is 0 Å². The Bertz CT molecular complexity index is 432. The highest BCUT2D eigenvalue weighted by Crippen LogP contribution is 2.27. The van der Waals surface area contributed by atoms with Crippen LogP contribution in [0.5, 0.6) is 0 Å². The summed E-state index contributed by atoms with van der Waals surface area (Å²) >= 11 is 0. The topological polar surface area (TPSA) is 110 Å². The van der Waals surface area contributed by atoms with Gasteiger partial charge in [-0.15, -0.1) is 0 Å². The van der Waals surface area contributed by atoms with E-state index in [2.05, 4.69) is 0 Å². The van der Waals surface area contributed by atoms with E-state index in [4.69, 9.17) is 5.73 Å². The van der Waals surface area contributed by atoms with Crippen LogP contribution < -0.4 is 5.73 Å². The van der Waals surface area contributed by atoms with Crippen molar-refractivity contribution in [1.29, 1.82) is 0 Å². The molecule has 0 aliphatic carbocycles. The summed E-state index contributed by atoms with van der Waals surface area (Å²) in [6, 6.07) is 1.23. The summed E-state index contributed by atoms with van der Waals surface area (Å²) in [6.07, 6.45) is -2.82. The van der Waals surface area contributed by atoms with Crippen LogP contribution in [0.1, 0.15) is 18.1 Å². The van der Waals surface area contributed by atoms with Crippen molar-refractivity contribution < 1.29 is 23.9 Å². The number of hydrogen-bond acceptors (Lipinski definition) is 5. The number of nitro benzene ring substituents is 1. The van der Waals surface area contributed by atoms with E-state index >= 15 is 0 Å². The van der Waals surface area contributed by atoms with Gasteiger partial charge in [-0.05, 0) is 30.7 Å². The molecule has 1 rings (SSSR count). The standard InChI is InChI=1S/C10H12F2N2O4/c11-6-3-5(10(16)8(15)1-2-13)4-7(12)9(6)14(17)18/h3-4,8,10,15-16H,1-2,13H2. The van der Waals surface area contributed by atoms with E-state index in [1.807, 2.05) is 0 Å². The van der Waals surface area contributed by atoms with Crippen LogP contribution in [0.3, 0.4) is 0 Å². The lowest BCUT2D eigenvalue weighted by Crippen LogP contribution is -2.22. The molecule has 6 nitrogen and oxygen atoms in total. The van der Waals surface area contributed by atoms with E-state index in [1.54, 1.807) is 0 Å². The van der Waals surface area contributed by atoms with Gasteiger partial charge >= 0.3 is 5.69 Å². The molecule has 0 aromatic heterocycles. The first-order chi connectivity index (χ1) is 8.38. The third kappa shape index (κ3) is 2.97. The second-order valence-corrected chi connectivity index (χ2v) is 3.68. The number of rotatable bonds is 5. The van der Waals surface area contributed by atoms with Crippen molar-refractivity contribution in [2.24, 2.45) is 5.73 Å². The summed E-state index contributed by atoms with van der Waals surface area (Å²) in [7, 11) is 0. The highest BCUT2D eigenvalue weighted by atomic mass is 19.1. The van der Waals surface area contributed by atoms with Crippen LogP contribution in [-0.2, 0) is 0 Å². The van der Waals surface area contributed by atoms with Crippen molar-refractivity contribution in [1.82, 2.24) is 0 Å². The number of halogens is 2. The average molecular weight is 262 g/mol. The van der Waals surface area contributed by atoms with E-state index in [9.17, 15) is 29.1 Å². The minimum Gasteiger partial charge on any atom is -0.390 e. The summed E-state index contributed by atoms with van der Waals surface area (Å²) < 4.78 is 26.5. The van der Waals surface area contributed by atoms with Gasteiger partial charge in [-0.3, -0.25) is 10.1 Å². The van der Waals surface area contributed by atoms with Crippen LogP contribution in [-0.4, -0.2) is 27.8 Å². The summed E-state index contributed by atoms with van der Waals surface area (Å²) in [5.41, 5.74) is 3.59. The second kappa shape index (κ2) is 5.80. The molecule has 0 saturated heterocycles. The maximum absolute atomic E-state index is 13.3. The molecular weight excluding hydrogens is 250 g/mol. The van der Waals surface area contributed by atoms with Gasteiger partial charge < -0.3 is 15.9 Å². The predicted molar refractivity (Wildman–Crippen MR) is 57.7 cm³/mol. The largest absolute Gasteiger partial charge is 0.390 e. The van der Waals surface area contributed by atoms with Gasteiger partial charge in [-0.1, -0.05) is 0 Å². The minimum absolute atomic E-state index is 0.0292. The van der Waals surface area contributed by atoms with Crippen molar-refractivity contribution in [2.75, 3.05) is 6.54 Å². The Morgan fingerprint density at radius 1 is 1.33 bits per heavy atom. The Kier molecular flexibility index (Phi) is 4.65. The van der Waals surface area contributed by atoms with Crippen LogP contribution in [0.4, 0.5) is 14.5 Å². The molecular formula is C10H12F2N2O4. The lowest BCUT2D eigenvalue weighted by atomic mass is 10.0. The van der Waals surface area contributed by atoms with Crippen molar-refractivity contribution in [3.8, 4) is 0 Å². The number of aliphatic hydroxyl groups excluding tert-OH is 2. The Balaban J connectivity index is 3.10. The zero-order valence-corrected chi connectivity index (χ0v) is 9.22. The van der Waals surface area contributed by atoms with Gasteiger partial charge in [0.1, 0.15) is 6.10 Å². The quantitative estimate of drug-likeness (QED) is 0.532. The number of hydrogen-bond donors (Lipinski definition) is 3. The van der Waals surface area contributed by atoms with Gasteiger partial charge in [0.2, 0.25) is 11.6 Å². The fourth-order valence-corrected chi connectivity index (χ4v) is 1.48. The predicted octanol–water partition coefficient (Wildman–Crippen LogP) is 0.616. The van der Waals surface area contributed by atoms with Gasteiger partial charge in [0.05, 0.1) is 11.0 Å². The molecule has 0 amide bonds. The smallest absolute Gasteiger partial charge is 0.340 e. The first kappa shape index (κ1) is 14.4. The van der Waals surface area contributed by atoms with Gasteiger partial charge in [0, 0.05) is 0 Å². The molecule has 0 saturated carbocycles. The molecule has 0 spiro atoms. The van der Waals surface area contributed by atoms with E-state index in [0.29, 0.717) is 12.1 Å². The number of nitro groups is 1. The molecule has 0 radical (unpaired) electrons. The molecule has 4 N–H and O–H groups in total. The Morgan fingerprint density at radius 3 is 2.22 bits per heavy atom. The van der Waals surface area contributed by atoms with Crippen molar-refractivity contribution in [3.05, 3.63) is 39.4 Å².